The third-order valence-corrected chi connectivity index (χ3v) is 8.79. The normalized spacial score (nSPS) is 23.6. The Morgan fingerprint density at radius 1 is 1.26 bits per heavy atom. The molecule has 39 heavy (non-hydrogen) atoms. The summed E-state index contributed by atoms with van der Waals surface area (Å²) in [4.78, 5) is 16.2. The zero-order chi connectivity index (χ0) is 28.2. The third kappa shape index (κ3) is 4.73. The van der Waals surface area contributed by atoms with Crippen LogP contribution in [0.25, 0.3) is 0 Å². The second-order valence-electron chi connectivity index (χ2n) is 11.5. The van der Waals surface area contributed by atoms with Gasteiger partial charge in [0.15, 0.2) is 0 Å². The lowest BCUT2D eigenvalue weighted by Crippen LogP contribution is -2.53. The van der Waals surface area contributed by atoms with Crippen LogP contribution in [0, 0.1) is 16.7 Å². The molecule has 2 saturated carbocycles. The molecular weight excluding hydrogens is 510 g/mol. The average Bonchev–Trinajstić information content (AvgIpc) is 3.20. The molecule has 10 heteroatoms. The summed E-state index contributed by atoms with van der Waals surface area (Å²) in [5.74, 6) is -0.568. The second-order valence-corrected chi connectivity index (χ2v) is 11.5. The number of amidine groups is 1. The van der Waals surface area contributed by atoms with E-state index in [-0.39, 0.29) is 42.9 Å². The van der Waals surface area contributed by atoms with E-state index in [1.54, 1.807) is 37.4 Å². The van der Waals surface area contributed by atoms with Gasteiger partial charge in [0.05, 0.1) is 30.5 Å². The van der Waals surface area contributed by atoms with Crippen molar-refractivity contribution in [2.75, 3.05) is 18.6 Å². The third-order valence-electron chi connectivity index (χ3n) is 8.79. The second kappa shape index (κ2) is 9.73. The summed E-state index contributed by atoms with van der Waals surface area (Å²) in [5, 5.41) is 19.6. The van der Waals surface area contributed by atoms with Gasteiger partial charge in [-0.3, -0.25) is 20.0 Å². The predicted octanol–water partition coefficient (Wildman–Crippen LogP) is 6.28. The lowest BCUT2D eigenvalue weighted by Gasteiger charge is -2.49. The minimum atomic E-state index is -4.61. The number of hydrogen-bond donors (Lipinski definition) is 3. The molecule has 210 valence electrons. The van der Waals surface area contributed by atoms with E-state index in [9.17, 15) is 22.4 Å². The number of nitrogens with one attached hydrogen (secondary N) is 3. The summed E-state index contributed by atoms with van der Waals surface area (Å²) in [7, 11) is 1.58. The topological polar surface area (TPSA) is 83.3 Å². The Bertz CT molecular complexity index is 1320. The number of carbonyl (C=O) groups is 1. The number of alkyl halides is 4. The van der Waals surface area contributed by atoms with Gasteiger partial charge in [-0.05, 0) is 85.9 Å². The lowest BCUT2D eigenvalue weighted by molar-refractivity contribution is -0.138. The Kier molecular flexibility index (Phi) is 6.81. The number of likely N-dealkylation sites (N-methyl/N-ethyl adjacent to an activating group) is 1. The quantitative estimate of drug-likeness (QED) is 0.208. The summed E-state index contributed by atoms with van der Waals surface area (Å²) in [6.45, 7) is 1.57. The SMILES string of the molecule is CN(C=N)C(=N)C1(c2cccc(N3Cc4c(cc(CNC5(C)CCC5)cc4C(F)(F)F)C3=O)c2)CC(CF)C1.[HH]. The fourth-order valence-electron chi connectivity index (χ4n) is 6.21. The Morgan fingerprint density at radius 3 is 2.56 bits per heavy atom. The van der Waals surface area contributed by atoms with Gasteiger partial charge in [-0.25, -0.2) is 0 Å². The van der Waals surface area contributed by atoms with Crippen LogP contribution in [0.15, 0.2) is 36.4 Å². The Morgan fingerprint density at radius 2 is 1.97 bits per heavy atom. The zero-order valence-electron chi connectivity index (χ0n) is 22.1. The van der Waals surface area contributed by atoms with Crippen molar-refractivity contribution in [3.63, 3.8) is 0 Å². The smallest absolute Gasteiger partial charge is 0.324 e. The summed E-state index contributed by atoms with van der Waals surface area (Å²) >= 11 is 0. The van der Waals surface area contributed by atoms with Crippen molar-refractivity contribution in [2.45, 2.75) is 69.2 Å². The molecule has 1 heterocycles. The van der Waals surface area contributed by atoms with Crippen LogP contribution in [0.5, 0.6) is 0 Å². The summed E-state index contributed by atoms with van der Waals surface area (Å²) in [5.41, 5.74) is -0.167. The fraction of sp³-hybridized carbons (Fsp3) is 0.483. The standard InChI is InChI=1S/C29H33F4N5O.H2/c1-27(7-4-8-27)36-15-18-9-22-23(24(10-18)29(31,32)33)16-38(25(22)39)21-6-3-5-20(11-21)28(12-19(13-28)14-30)26(35)37(2)17-34;/h3,5-6,9-11,17,19,34-36H,4,7-8,12-16H2,1-2H3;1H. The van der Waals surface area contributed by atoms with Crippen LogP contribution >= 0.6 is 0 Å². The first kappa shape index (κ1) is 27.3. The zero-order valence-corrected chi connectivity index (χ0v) is 22.1. The highest BCUT2D eigenvalue weighted by atomic mass is 19.4. The maximum absolute atomic E-state index is 14.1. The van der Waals surface area contributed by atoms with Crippen LogP contribution in [-0.2, 0) is 24.7 Å². The highest BCUT2D eigenvalue weighted by Crippen LogP contribution is 2.50. The van der Waals surface area contributed by atoms with Gasteiger partial charge in [-0.2, -0.15) is 13.2 Å². The monoisotopic (exact) mass is 545 g/mol. The number of amides is 1. The molecule has 1 aliphatic heterocycles. The van der Waals surface area contributed by atoms with Gasteiger partial charge >= 0.3 is 6.18 Å². The van der Waals surface area contributed by atoms with Crippen molar-refractivity contribution in [3.05, 3.63) is 64.2 Å². The van der Waals surface area contributed by atoms with E-state index in [0.29, 0.717) is 29.7 Å². The maximum Gasteiger partial charge on any atom is 0.416 e. The van der Waals surface area contributed by atoms with Gasteiger partial charge in [-0.15, -0.1) is 0 Å². The maximum atomic E-state index is 14.1. The van der Waals surface area contributed by atoms with Crippen molar-refractivity contribution in [3.8, 4) is 0 Å². The molecule has 0 bridgehead atoms. The van der Waals surface area contributed by atoms with E-state index in [2.05, 4.69) is 12.2 Å². The highest BCUT2D eigenvalue weighted by Gasteiger charge is 2.50. The molecule has 0 unspecified atom stereocenters. The number of halogens is 4. The Balaban J connectivity index is 0.00000370. The number of benzene rings is 2. The number of rotatable bonds is 8. The Hall–Kier alpha value is -3.27. The van der Waals surface area contributed by atoms with Crippen LogP contribution < -0.4 is 10.2 Å². The molecule has 0 saturated heterocycles. The van der Waals surface area contributed by atoms with E-state index in [0.717, 1.165) is 31.7 Å². The van der Waals surface area contributed by atoms with Crippen molar-refractivity contribution in [2.24, 2.45) is 5.92 Å². The van der Waals surface area contributed by atoms with E-state index in [4.69, 9.17) is 10.8 Å². The number of anilines is 1. The van der Waals surface area contributed by atoms with E-state index in [1.807, 2.05) is 0 Å². The molecular formula is C29H35F4N5O. The molecule has 2 aliphatic carbocycles. The van der Waals surface area contributed by atoms with E-state index in [1.165, 1.54) is 9.80 Å². The molecule has 1 amide bonds. The van der Waals surface area contributed by atoms with Crippen LogP contribution in [0.1, 0.15) is 73.1 Å². The van der Waals surface area contributed by atoms with Gasteiger partial charge in [0.1, 0.15) is 5.84 Å². The first-order valence-corrected chi connectivity index (χ1v) is 13.2. The van der Waals surface area contributed by atoms with Crippen molar-refractivity contribution >= 4 is 23.8 Å². The molecule has 6 nitrogen and oxygen atoms in total. The van der Waals surface area contributed by atoms with Crippen molar-refractivity contribution < 1.29 is 23.8 Å². The minimum absolute atomic E-state index is 0. The summed E-state index contributed by atoms with van der Waals surface area (Å²) < 4.78 is 55.8. The summed E-state index contributed by atoms with van der Waals surface area (Å²) in [6.07, 6.45) is 0.190. The minimum Gasteiger partial charge on any atom is -0.324 e. The molecule has 0 radical (unpaired) electrons. The van der Waals surface area contributed by atoms with Gasteiger partial charge in [0, 0.05) is 31.8 Å². The number of fused-ring (bicyclic) bond motifs is 1. The first-order chi connectivity index (χ1) is 18.4. The van der Waals surface area contributed by atoms with Gasteiger partial charge < -0.3 is 15.1 Å². The number of nitrogens with zero attached hydrogens (tertiary/aromatic N) is 2. The van der Waals surface area contributed by atoms with E-state index >= 15 is 0 Å². The highest BCUT2D eigenvalue weighted by molar-refractivity contribution is 6.10. The molecule has 2 aromatic rings. The first-order valence-electron chi connectivity index (χ1n) is 13.2. The number of carbonyl (C=O) groups excluding carboxylic acids is 1. The molecule has 0 aromatic heterocycles. The van der Waals surface area contributed by atoms with Crippen LogP contribution in [0.3, 0.4) is 0 Å². The van der Waals surface area contributed by atoms with Gasteiger partial charge in [-0.1, -0.05) is 12.1 Å². The molecule has 0 atom stereocenters. The largest absolute Gasteiger partial charge is 0.416 e. The molecule has 5 rings (SSSR count). The van der Waals surface area contributed by atoms with Gasteiger partial charge in [0.2, 0.25) is 0 Å². The Labute approximate surface area is 226 Å². The number of hydrogen-bond acceptors (Lipinski definition) is 4. The van der Waals surface area contributed by atoms with Crippen molar-refractivity contribution in [1.82, 2.24) is 10.2 Å². The van der Waals surface area contributed by atoms with Crippen molar-refractivity contribution in [1.29, 1.82) is 10.8 Å². The molecule has 3 aliphatic rings. The van der Waals surface area contributed by atoms with Crippen LogP contribution in [-0.4, -0.2) is 42.2 Å². The summed E-state index contributed by atoms with van der Waals surface area (Å²) in [6, 6.07) is 9.61. The lowest BCUT2D eigenvalue weighted by atomic mass is 9.58. The van der Waals surface area contributed by atoms with Crippen LogP contribution in [0.4, 0.5) is 23.2 Å². The van der Waals surface area contributed by atoms with Crippen LogP contribution in [0.2, 0.25) is 0 Å². The molecule has 2 aromatic carbocycles. The fourth-order valence-corrected chi connectivity index (χ4v) is 6.21. The molecule has 0 spiro atoms. The molecule has 2 fully saturated rings. The van der Waals surface area contributed by atoms with E-state index < -0.39 is 29.7 Å². The van der Waals surface area contributed by atoms with Gasteiger partial charge in [0.25, 0.3) is 5.91 Å². The average molecular weight is 546 g/mol. The molecule has 3 N–H and O–H groups in total. The predicted molar refractivity (Wildman–Crippen MR) is 144 cm³/mol.